The van der Waals surface area contributed by atoms with E-state index in [1.165, 1.54) is 148 Å². The van der Waals surface area contributed by atoms with Crippen LogP contribution in [0.4, 0.5) is 0 Å². The highest BCUT2D eigenvalue weighted by Crippen LogP contribution is 2.23. The monoisotopic (exact) mass is 898 g/mol. The van der Waals surface area contributed by atoms with Gasteiger partial charge in [0.2, 0.25) is 5.91 Å². The second-order valence-corrected chi connectivity index (χ2v) is 18.6. The number of hydrogen-bond donors (Lipinski definition) is 8. The third-order valence-electron chi connectivity index (χ3n) is 12.7. The van der Waals surface area contributed by atoms with Crippen molar-refractivity contribution in [1.29, 1.82) is 0 Å². The maximum Gasteiger partial charge on any atom is 0.249 e. The average Bonchev–Trinajstić information content (AvgIpc) is 3.28. The summed E-state index contributed by atoms with van der Waals surface area (Å²) in [5.41, 5.74) is 0. The van der Waals surface area contributed by atoms with Crippen LogP contribution in [0, 0.1) is 0 Å². The van der Waals surface area contributed by atoms with Gasteiger partial charge in [-0.15, -0.1) is 0 Å². The molecule has 0 aromatic rings. The number of aliphatic hydroxyl groups excluding tert-OH is 7. The quantitative estimate of drug-likeness (QED) is 0.0216. The van der Waals surface area contributed by atoms with Gasteiger partial charge in [0.05, 0.1) is 25.4 Å². The van der Waals surface area contributed by atoms with Crippen LogP contribution in [0.25, 0.3) is 0 Å². The van der Waals surface area contributed by atoms with Crippen LogP contribution < -0.4 is 5.32 Å². The first-order valence-electron chi connectivity index (χ1n) is 26.2. The second kappa shape index (κ2) is 42.0. The molecule has 1 heterocycles. The van der Waals surface area contributed by atoms with Crippen molar-refractivity contribution < 1.29 is 50.0 Å². The first kappa shape index (κ1) is 59.6. The Kier molecular flexibility index (Phi) is 39.7. The fraction of sp³-hybridized carbons (Fsp3) is 0.904. The molecular formula is C52H99NO10. The maximum atomic E-state index is 13.0. The van der Waals surface area contributed by atoms with E-state index in [0.717, 1.165) is 44.9 Å². The maximum absolute atomic E-state index is 13.0. The van der Waals surface area contributed by atoms with Gasteiger partial charge >= 0.3 is 0 Å². The van der Waals surface area contributed by atoms with Crippen LogP contribution >= 0.6 is 0 Å². The predicted octanol–water partition coefficient (Wildman–Crippen LogP) is 9.79. The molecular weight excluding hydrogens is 799 g/mol. The third kappa shape index (κ3) is 31.2. The molecule has 1 fully saturated rings. The van der Waals surface area contributed by atoms with Crippen LogP contribution in [0.5, 0.6) is 0 Å². The van der Waals surface area contributed by atoms with Crippen molar-refractivity contribution >= 4 is 5.91 Å². The third-order valence-corrected chi connectivity index (χ3v) is 12.7. The van der Waals surface area contributed by atoms with Gasteiger partial charge in [-0.05, 0) is 57.8 Å². The van der Waals surface area contributed by atoms with E-state index < -0.39 is 74.2 Å². The number of hydrogen-bond acceptors (Lipinski definition) is 10. The zero-order valence-corrected chi connectivity index (χ0v) is 40.3. The van der Waals surface area contributed by atoms with Crippen LogP contribution in [0.1, 0.15) is 232 Å². The summed E-state index contributed by atoms with van der Waals surface area (Å²) in [6, 6.07) is -1.19. The fourth-order valence-electron chi connectivity index (χ4n) is 8.36. The van der Waals surface area contributed by atoms with Crippen molar-refractivity contribution in [3.8, 4) is 0 Å². The van der Waals surface area contributed by atoms with Crippen molar-refractivity contribution in [2.45, 2.75) is 287 Å². The number of allylic oxidation sites excluding steroid dienone is 4. The topological polar surface area (TPSA) is 189 Å². The number of ether oxygens (including phenoxy) is 2. The predicted molar refractivity (Wildman–Crippen MR) is 256 cm³/mol. The largest absolute Gasteiger partial charge is 0.394 e. The van der Waals surface area contributed by atoms with E-state index >= 15 is 0 Å². The van der Waals surface area contributed by atoms with Gasteiger partial charge in [-0.1, -0.05) is 199 Å². The molecule has 372 valence electrons. The number of amides is 1. The van der Waals surface area contributed by atoms with Crippen molar-refractivity contribution in [3.05, 3.63) is 24.3 Å². The van der Waals surface area contributed by atoms with E-state index in [9.17, 15) is 40.5 Å². The molecule has 0 aliphatic carbocycles. The van der Waals surface area contributed by atoms with Gasteiger partial charge in [0.15, 0.2) is 6.29 Å². The van der Waals surface area contributed by atoms with Crippen molar-refractivity contribution in [3.63, 3.8) is 0 Å². The van der Waals surface area contributed by atoms with Gasteiger partial charge in [0.25, 0.3) is 0 Å². The molecule has 0 saturated carbocycles. The van der Waals surface area contributed by atoms with Crippen molar-refractivity contribution in [2.75, 3.05) is 13.2 Å². The fourth-order valence-corrected chi connectivity index (χ4v) is 8.36. The number of unbranched alkanes of at least 4 members (excludes halogenated alkanes) is 28. The Labute approximate surface area is 384 Å². The minimum Gasteiger partial charge on any atom is -0.394 e. The number of nitrogens with one attached hydrogen (secondary N) is 1. The Balaban J connectivity index is 2.28. The molecule has 1 amide bonds. The molecule has 11 nitrogen and oxygen atoms in total. The molecule has 1 aliphatic heterocycles. The lowest BCUT2D eigenvalue weighted by Gasteiger charge is -2.40. The SMILES string of the molecule is CCCC/C=C\CCCCCC(O)C(=O)NC(COC1OC(CO)C(O)C(O)C1O)C(O)C(O)CCC/C=C/CCCCCCCCCCCCCCCCCCCCCCCC. The van der Waals surface area contributed by atoms with E-state index in [4.69, 9.17) is 9.47 Å². The normalized spacial score (nSPS) is 21.3. The zero-order chi connectivity index (χ0) is 46.2. The van der Waals surface area contributed by atoms with Crippen LogP contribution in [0.15, 0.2) is 24.3 Å². The molecule has 0 aromatic heterocycles. The van der Waals surface area contributed by atoms with Crippen LogP contribution in [-0.4, -0.2) is 110 Å². The highest BCUT2D eigenvalue weighted by atomic mass is 16.7. The number of rotatable bonds is 44. The Bertz CT molecular complexity index is 1080. The molecule has 0 radical (unpaired) electrons. The van der Waals surface area contributed by atoms with Gasteiger partial charge in [0.1, 0.15) is 36.6 Å². The van der Waals surface area contributed by atoms with Crippen molar-refractivity contribution in [2.24, 2.45) is 0 Å². The van der Waals surface area contributed by atoms with Crippen molar-refractivity contribution in [1.82, 2.24) is 5.32 Å². The Morgan fingerprint density at radius 1 is 0.540 bits per heavy atom. The number of aliphatic hydroxyl groups is 7. The van der Waals surface area contributed by atoms with E-state index in [0.29, 0.717) is 12.8 Å². The highest BCUT2D eigenvalue weighted by Gasteiger charge is 2.44. The standard InChI is InChI=1S/C52H99NO10/c1-3-5-7-9-11-13-14-15-16-17-18-19-20-21-22-23-24-25-26-27-28-29-30-32-33-35-37-39-44(55)47(57)43(42-62-52-50(60)49(59)48(58)46(41-54)63-52)53-51(61)45(56)40-38-36-34-31-12-10-8-6-4-2/h10,12,32-33,43-50,52,54-60H,3-9,11,13-31,34-42H2,1-2H3,(H,53,61)/b12-10-,33-32+. The molecule has 11 heteroatoms. The Hall–Kier alpha value is -1.41. The highest BCUT2D eigenvalue weighted by molar-refractivity contribution is 5.80. The number of carbonyl (C=O) groups excluding carboxylic acids is 1. The number of carbonyl (C=O) groups is 1. The lowest BCUT2D eigenvalue weighted by molar-refractivity contribution is -0.303. The molecule has 9 atom stereocenters. The van der Waals surface area contributed by atoms with Gasteiger partial charge in [-0.3, -0.25) is 4.79 Å². The summed E-state index contributed by atoms with van der Waals surface area (Å²) in [6.45, 7) is 3.37. The minimum absolute atomic E-state index is 0.232. The van der Waals surface area contributed by atoms with Gasteiger partial charge < -0.3 is 50.5 Å². The van der Waals surface area contributed by atoms with Crippen LogP contribution in [0.2, 0.25) is 0 Å². The van der Waals surface area contributed by atoms with E-state index in [-0.39, 0.29) is 12.8 Å². The molecule has 9 unspecified atom stereocenters. The summed E-state index contributed by atoms with van der Waals surface area (Å²) < 4.78 is 11.1. The van der Waals surface area contributed by atoms with Gasteiger partial charge in [0, 0.05) is 0 Å². The smallest absolute Gasteiger partial charge is 0.249 e. The van der Waals surface area contributed by atoms with Crippen LogP contribution in [0.3, 0.4) is 0 Å². The molecule has 0 bridgehead atoms. The molecule has 1 saturated heterocycles. The first-order valence-corrected chi connectivity index (χ1v) is 26.2. The Morgan fingerprint density at radius 2 is 0.952 bits per heavy atom. The van der Waals surface area contributed by atoms with E-state index in [1.807, 2.05) is 0 Å². The molecule has 0 spiro atoms. The van der Waals surface area contributed by atoms with E-state index in [1.54, 1.807) is 0 Å². The van der Waals surface area contributed by atoms with E-state index in [2.05, 4.69) is 43.5 Å². The summed E-state index contributed by atoms with van der Waals surface area (Å²) >= 11 is 0. The van der Waals surface area contributed by atoms with Gasteiger partial charge in [-0.2, -0.15) is 0 Å². The summed E-state index contributed by atoms with van der Waals surface area (Å²) in [5.74, 6) is -0.721. The second-order valence-electron chi connectivity index (χ2n) is 18.6. The lowest BCUT2D eigenvalue weighted by Crippen LogP contribution is -2.60. The Morgan fingerprint density at radius 3 is 1.41 bits per heavy atom. The summed E-state index contributed by atoms with van der Waals surface area (Å²) in [5, 5.41) is 75.6. The molecule has 1 aliphatic rings. The minimum atomic E-state index is -1.67. The molecule has 1 rings (SSSR count). The summed E-state index contributed by atoms with van der Waals surface area (Å²) in [6.07, 6.45) is 37.0. The summed E-state index contributed by atoms with van der Waals surface area (Å²) in [7, 11) is 0. The molecule has 63 heavy (non-hydrogen) atoms. The van der Waals surface area contributed by atoms with Gasteiger partial charge in [-0.25, -0.2) is 0 Å². The average molecular weight is 898 g/mol. The summed E-state index contributed by atoms with van der Waals surface area (Å²) in [4.78, 5) is 13.0. The van der Waals surface area contributed by atoms with Crippen LogP contribution in [-0.2, 0) is 14.3 Å². The zero-order valence-electron chi connectivity index (χ0n) is 40.3. The lowest BCUT2D eigenvalue weighted by atomic mass is 9.98. The molecule has 8 N–H and O–H groups in total. The first-order chi connectivity index (χ1) is 30.7. The molecule has 0 aromatic carbocycles.